The molecule has 1 aliphatic rings. The largest absolute Gasteiger partial charge is 0.379 e. The molecule has 150 valence electrons. The highest BCUT2D eigenvalue weighted by molar-refractivity contribution is 5.79. The van der Waals surface area contributed by atoms with Crippen LogP contribution in [0.5, 0.6) is 0 Å². The molecule has 0 saturated carbocycles. The predicted octanol–water partition coefficient (Wildman–Crippen LogP) is 2.60. The molecule has 2 heterocycles. The van der Waals surface area contributed by atoms with Gasteiger partial charge in [0.25, 0.3) is 0 Å². The normalized spacial score (nSPS) is 15.7. The molecule has 6 nitrogen and oxygen atoms in total. The first-order valence-electron chi connectivity index (χ1n) is 10.0. The number of para-hydroxylation sites is 1. The number of carbonyl (C=O) groups is 1. The van der Waals surface area contributed by atoms with Crippen LogP contribution in [-0.4, -0.2) is 53.4 Å². The minimum absolute atomic E-state index is 0.000255. The molecule has 0 spiro atoms. The van der Waals surface area contributed by atoms with E-state index in [1.54, 1.807) is 10.9 Å². The standard InChI is InChI=1S/C23H26N4O2/c28-23(15-19-16-24-27(17-19)21-9-5-2-6-10-21)25-22(20-7-3-1-4-8-20)18-26-11-13-29-14-12-26/h1-10,16-17,22H,11-15,18H2,(H,25,28)/t22-/m0/s1. The molecule has 1 amide bonds. The number of hydrogen-bond donors (Lipinski definition) is 1. The van der Waals surface area contributed by atoms with Crippen LogP contribution in [0.2, 0.25) is 0 Å². The van der Waals surface area contributed by atoms with Crippen LogP contribution in [0.3, 0.4) is 0 Å². The molecular formula is C23H26N4O2. The molecule has 1 N–H and O–H groups in total. The van der Waals surface area contributed by atoms with E-state index in [9.17, 15) is 4.79 Å². The summed E-state index contributed by atoms with van der Waals surface area (Å²) in [7, 11) is 0. The summed E-state index contributed by atoms with van der Waals surface area (Å²) in [5.41, 5.74) is 2.99. The molecule has 1 fully saturated rings. The quantitative estimate of drug-likeness (QED) is 0.674. The van der Waals surface area contributed by atoms with Crippen LogP contribution in [0.15, 0.2) is 73.1 Å². The van der Waals surface area contributed by atoms with E-state index in [0.717, 1.165) is 49.7 Å². The summed E-state index contributed by atoms with van der Waals surface area (Å²) in [5.74, 6) is -0.000255. The van der Waals surface area contributed by atoms with Crippen LogP contribution < -0.4 is 5.32 Å². The molecule has 3 aromatic rings. The molecule has 4 rings (SSSR count). The Kier molecular flexibility index (Phi) is 6.34. The Morgan fingerprint density at radius 3 is 2.45 bits per heavy atom. The van der Waals surface area contributed by atoms with Gasteiger partial charge in [-0.2, -0.15) is 5.10 Å². The van der Waals surface area contributed by atoms with Gasteiger partial charge in [-0.15, -0.1) is 0 Å². The van der Waals surface area contributed by atoms with Gasteiger partial charge in [-0.25, -0.2) is 4.68 Å². The summed E-state index contributed by atoms with van der Waals surface area (Å²) < 4.78 is 7.24. The van der Waals surface area contributed by atoms with Crippen LogP contribution >= 0.6 is 0 Å². The Morgan fingerprint density at radius 2 is 1.72 bits per heavy atom. The Balaban J connectivity index is 1.41. The van der Waals surface area contributed by atoms with Gasteiger partial charge in [-0.1, -0.05) is 48.5 Å². The van der Waals surface area contributed by atoms with Crippen LogP contribution in [0.1, 0.15) is 17.2 Å². The smallest absolute Gasteiger partial charge is 0.225 e. The Labute approximate surface area is 171 Å². The average Bonchev–Trinajstić information content (AvgIpc) is 3.24. The fourth-order valence-corrected chi connectivity index (χ4v) is 3.57. The Bertz CT molecular complexity index is 905. The van der Waals surface area contributed by atoms with Gasteiger partial charge in [0.05, 0.1) is 37.6 Å². The van der Waals surface area contributed by atoms with Gasteiger partial charge in [0, 0.05) is 25.8 Å². The van der Waals surface area contributed by atoms with E-state index < -0.39 is 0 Å². The number of nitrogens with one attached hydrogen (secondary N) is 1. The van der Waals surface area contributed by atoms with E-state index in [4.69, 9.17) is 4.74 Å². The van der Waals surface area contributed by atoms with Crippen LogP contribution in [0.4, 0.5) is 0 Å². The second-order valence-electron chi connectivity index (χ2n) is 7.25. The zero-order valence-corrected chi connectivity index (χ0v) is 16.4. The molecule has 0 bridgehead atoms. The van der Waals surface area contributed by atoms with Crippen molar-refractivity contribution in [2.75, 3.05) is 32.8 Å². The third-order valence-electron chi connectivity index (χ3n) is 5.10. The molecule has 1 atom stereocenters. The third kappa shape index (κ3) is 5.31. The topological polar surface area (TPSA) is 59.4 Å². The fourth-order valence-electron chi connectivity index (χ4n) is 3.57. The van der Waals surface area contributed by atoms with Crippen molar-refractivity contribution in [3.8, 4) is 5.69 Å². The lowest BCUT2D eigenvalue weighted by atomic mass is 10.1. The highest BCUT2D eigenvalue weighted by Gasteiger charge is 2.20. The van der Waals surface area contributed by atoms with Crippen molar-refractivity contribution in [1.29, 1.82) is 0 Å². The first kappa shape index (κ1) is 19.4. The van der Waals surface area contributed by atoms with Crippen molar-refractivity contribution < 1.29 is 9.53 Å². The Hall–Kier alpha value is -2.96. The van der Waals surface area contributed by atoms with Crippen molar-refractivity contribution in [3.05, 3.63) is 84.2 Å². The molecule has 6 heteroatoms. The molecule has 0 aliphatic carbocycles. The second-order valence-corrected chi connectivity index (χ2v) is 7.25. The third-order valence-corrected chi connectivity index (χ3v) is 5.10. The summed E-state index contributed by atoms with van der Waals surface area (Å²) in [6.07, 6.45) is 3.97. The molecule has 2 aromatic carbocycles. The molecular weight excluding hydrogens is 364 g/mol. The Morgan fingerprint density at radius 1 is 1.03 bits per heavy atom. The number of aromatic nitrogens is 2. The zero-order chi connectivity index (χ0) is 19.9. The molecule has 1 aromatic heterocycles. The number of carbonyl (C=O) groups excluding carboxylic acids is 1. The minimum atomic E-state index is -0.0500. The molecule has 0 unspecified atom stereocenters. The van der Waals surface area contributed by atoms with Crippen molar-refractivity contribution in [1.82, 2.24) is 20.0 Å². The number of hydrogen-bond acceptors (Lipinski definition) is 4. The van der Waals surface area contributed by atoms with Crippen LogP contribution in [0.25, 0.3) is 5.69 Å². The highest BCUT2D eigenvalue weighted by atomic mass is 16.5. The van der Waals surface area contributed by atoms with Crippen molar-refractivity contribution in [2.24, 2.45) is 0 Å². The monoisotopic (exact) mass is 390 g/mol. The number of amides is 1. The van der Waals surface area contributed by atoms with E-state index in [1.807, 2.05) is 54.7 Å². The summed E-state index contributed by atoms with van der Waals surface area (Å²) in [6, 6.07) is 20.0. The lowest BCUT2D eigenvalue weighted by Crippen LogP contribution is -2.43. The van der Waals surface area contributed by atoms with Crippen LogP contribution in [0, 0.1) is 0 Å². The maximum absolute atomic E-state index is 12.8. The predicted molar refractivity (Wildman–Crippen MR) is 112 cm³/mol. The van der Waals surface area contributed by atoms with Gasteiger partial charge >= 0.3 is 0 Å². The lowest BCUT2D eigenvalue weighted by Gasteiger charge is -2.31. The lowest BCUT2D eigenvalue weighted by molar-refractivity contribution is -0.121. The van der Waals surface area contributed by atoms with E-state index in [-0.39, 0.29) is 11.9 Å². The van der Waals surface area contributed by atoms with E-state index in [0.29, 0.717) is 6.42 Å². The number of rotatable bonds is 7. The number of morpholine rings is 1. The van der Waals surface area contributed by atoms with Gasteiger partial charge < -0.3 is 10.1 Å². The summed E-state index contributed by atoms with van der Waals surface area (Å²) in [6.45, 7) is 4.05. The average molecular weight is 390 g/mol. The van der Waals surface area contributed by atoms with Gasteiger partial charge in [0.1, 0.15) is 0 Å². The minimum Gasteiger partial charge on any atom is -0.379 e. The van der Waals surface area contributed by atoms with Gasteiger partial charge in [-0.05, 0) is 23.3 Å². The highest BCUT2D eigenvalue weighted by Crippen LogP contribution is 2.16. The van der Waals surface area contributed by atoms with Crippen molar-refractivity contribution in [3.63, 3.8) is 0 Å². The first-order chi connectivity index (χ1) is 14.3. The van der Waals surface area contributed by atoms with E-state index >= 15 is 0 Å². The molecule has 1 aliphatic heterocycles. The van der Waals surface area contributed by atoms with Gasteiger partial charge in [0.2, 0.25) is 5.91 Å². The van der Waals surface area contributed by atoms with E-state index in [1.165, 1.54) is 0 Å². The maximum Gasteiger partial charge on any atom is 0.225 e. The molecule has 29 heavy (non-hydrogen) atoms. The fraction of sp³-hybridized carbons (Fsp3) is 0.304. The van der Waals surface area contributed by atoms with Crippen molar-refractivity contribution in [2.45, 2.75) is 12.5 Å². The van der Waals surface area contributed by atoms with Gasteiger partial charge in [0.15, 0.2) is 0 Å². The summed E-state index contributed by atoms with van der Waals surface area (Å²) >= 11 is 0. The molecule has 1 saturated heterocycles. The van der Waals surface area contributed by atoms with Crippen molar-refractivity contribution >= 4 is 5.91 Å². The first-order valence-corrected chi connectivity index (χ1v) is 10.0. The van der Waals surface area contributed by atoms with E-state index in [2.05, 4.69) is 27.4 Å². The molecule has 0 radical (unpaired) electrons. The number of benzene rings is 2. The summed E-state index contributed by atoms with van der Waals surface area (Å²) in [5, 5.41) is 7.60. The van der Waals surface area contributed by atoms with Crippen LogP contribution in [-0.2, 0) is 16.0 Å². The SMILES string of the molecule is O=C(Cc1cnn(-c2ccccc2)c1)N[C@@H](CN1CCOCC1)c1ccccc1. The second kappa shape index (κ2) is 9.49. The number of ether oxygens (including phenoxy) is 1. The number of nitrogens with zero attached hydrogens (tertiary/aromatic N) is 3. The van der Waals surface area contributed by atoms with Gasteiger partial charge in [-0.3, -0.25) is 9.69 Å². The maximum atomic E-state index is 12.8. The zero-order valence-electron chi connectivity index (χ0n) is 16.4. The summed E-state index contributed by atoms with van der Waals surface area (Å²) in [4.78, 5) is 15.1.